The van der Waals surface area contributed by atoms with Crippen LogP contribution in [0.2, 0.25) is 0 Å². The number of benzene rings is 2. The number of nitrogens with one attached hydrogen (secondary N) is 1. The van der Waals surface area contributed by atoms with Crippen LogP contribution in [0.15, 0.2) is 53.6 Å². The highest BCUT2D eigenvalue weighted by molar-refractivity contribution is 5.95. The van der Waals surface area contributed by atoms with E-state index in [2.05, 4.69) is 10.5 Å². The Balaban J connectivity index is 2.10. The highest BCUT2D eigenvalue weighted by atomic mass is 16.5. The van der Waals surface area contributed by atoms with E-state index in [9.17, 15) is 9.90 Å². The Bertz CT molecular complexity index is 624. The molecular formula is C15H14N2O3. The number of carbonyl (C=O) groups is 1. The maximum Gasteiger partial charge on any atom is 0.271 e. The highest BCUT2D eigenvalue weighted by Gasteiger charge is 2.06. The monoisotopic (exact) mass is 270 g/mol. The molecule has 0 aliphatic heterocycles. The van der Waals surface area contributed by atoms with Crippen molar-refractivity contribution in [3.8, 4) is 11.5 Å². The lowest BCUT2D eigenvalue weighted by Crippen LogP contribution is -2.17. The van der Waals surface area contributed by atoms with Crippen molar-refractivity contribution in [2.75, 3.05) is 7.11 Å². The lowest BCUT2D eigenvalue weighted by molar-refractivity contribution is 0.0955. The zero-order valence-electron chi connectivity index (χ0n) is 10.9. The minimum atomic E-state index is -0.323. The number of ether oxygens (including phenoxy) is 1. The van der Waals surface area contributed by atoms with E-state index in [0.717, 1.165) is 0 Å². The van der Waals surface area contributed by atoms with Crippen molar-refractivity contribution in [2.24, 2.45) is 5.10 Å². The van der Waals surface area contributed by atoms with Gasteiger partial charge in [0.25, 0.3) is 5.91 Å². The zero-order chi connectivity index (χ0) is 14.4. The number of phenols is 1. The van der Waals surface area contributed by atoms with Crippen LogP contribution in [-0.2, 0) is 0 Å². The summed E-state index contributed by atoms with van der Waals surface area (Å²) in [5.41, 5.74) is 3.30. The Kier molecular flexibility index (Phi) is 4.34. The number of nitrogens with zero attached hydrogens (tertiary/aromatic N) is 1. The van der Waals surface area contributed by atoms with Crippen molar-refractivity contribution in [1.82, 2.24) is 5.43 Å². The Hall–Kier alpha value is -2.82. The van der Waals surface area contributed by atoms with E-state index in [1.165, 1.54) is 19.4 Å². The first kappa shape index (κ1) is 13.6. The molecule has 0 aliphatic rings. The first-order valence-corrected chi connectivity index (χ1v) is 5.97. The fraction of sp³-hybridized carbons (Fsp3) is 0.0667. The van der Waals surface area contributed by atoms with E-state index in [1.54, 1.807) is 36.4 Å². The second kappa shape index (κ2) is 6.38. The summed E-state index contributed by atoms with van der Waals surface area (Å²) in [5, 5.41) is 13.5. The lowest BCUT2D eigenvalue weighted by atomic mass is 10.2. The topological polar surface area (TPSA) is 70.9 Å². The number of rotatable bonds is 4. The third kappa shape index (κ3) is 3.14. The Morgan fingerprint density at radius 2 is 1.95 bits per heavy atom. The summed E-state index contributed by atoms with van der Waals surface area (Å²) >= 11 is 0. The molecule has 0 unspecified atom stereocenters. The van der Waals surface area contributed by atoms with Gasteiger partial charge in [0.15, 0.2) is 0 Å². The standard InChI is InChI=1S/C15H14N2O3/c1-20-14-9-5-8-13(18)12(14)10-16-17-15(19)11-6-3-2-4-7-11/h2-10,18H,1H3,(H,17,19)/b16-10+. The smallest absolute Gasteiger partial charge is 0.271 e. The average molecular weight is 270 g/mol. The largest absolute Gasteiger partial charge is 0.507 e. The quantitative estimate of drug-likeness (QED) is 0.660. The van der Waals surface area contributed by atoms with Crippen LogP contribution in [0.1, 0.15) is 15.9 Å². The summed E-state index contributed by atoms with van der Waals surface area (Å²) in [6.07, 6.45) is 1.34. The molecular weight excluding hydrogens is 256 g/mol. The molecule has 2 aromatic rings. The van der Waals surface area contributed by atoms with E-state index in [-0.39, 0.29) is 11.7 Å². The minimum absolute atomic E-state index is 0.0297. The molecule has 0 heterocycles. The third-order valence-electron chi connectivity index (χ3n) is 2.66. The molecule has 2 rings (SSSR count). The van der Waals surface area contributed by atoms with Gasteiger partial charge in [-0.25, -0.2) is 5.43 Å². The highest BCUT2D eigenvalue weighted by Crippen LogP contribution is 2.24. The SMILES string of the molecule is COc1cccc(O)c1/C=N/NC(=O)c1ccccc1. The Morgan fingerprint density at radius 3 is 2.65 bits per heavy atom. The summed E-state index contributed by atoms with van der Waals surface area (Å²) in [6.45, 7) is 0. The zero-order valence-corrected chi connectivity index (χ0v) is 10.9. The molecule has 0 saturated heterocycles. The molecule has 0 fully saturated rings. The molecule has 0 atom stereocenters. The molecule has 0 spiro atoms. The maximum atomic E-state index is 11.8. The molecule has 20 heavy (non-hydrogen) atoms. The van der Waals surface area contributed by atoms with E-state index < -0.39 is 0 Å². The summed E-state index contributed by atoms with van der Waals surface area (Å²) in [4.78, 5) is 11.8. The second-order valence-electron chi connectivity index (χ2n) is 3.96. The predicted molar refractivity (Wildman–Crippen MR) is 76.2 cm³/mol. The number of amides is 1. The van der Waals surface area contributed by atoms with Crippen LogP contribution in [0.3, 0.4) is 0 Å². The van der Waals surface area contributed by atoms with Gasteiger partial charge < -0.3 is 9.84 Å². The molecule has 0 saturated carbocycles. The number of hydrazone groups is 1. The number of aromatic hydroxyl groups is 1. The number of phenolic OH excluding ortho intramolecular Hbond substituents is 1. The van der Waals surface area contributed by atoms with Crippen LogP contribution >= 0.6 is 0 Å². The summed E-state index contributed by atoms with van der Waals surface area (Å²) in [7, 11) is 1.49. The van der Waals surface area contributed by atoms with Crippen molar-refractivity contribution in [1.29, 1.82) is 0 Å². The van der Waals surface area contributed by atoms with Gasteiger partial charge in [-0.15, -0.1) is 0 Å². The van der Waals surface area contributed by atoms with Gasteiger partial charge in [0.1, 0.15) is 11.5 Å². The first-order valence-electron chi connectivity index (χ1n) is 5.97. The van der Waals surface area contributed by atoms with Crippen LogP contribution in [0, 0.1) is 0 Å². The summed E-state index contributed by atoms with van der Waals surface area (Å²) in [5.74, 6) is 0.181. The van der Waals surface area contributed by atoms with E-state index in [4.69, 9.17) is 4.74 Å². The fourth-order valence-electron chi connectivity index (χ4n) is 1.65. The number of carbonyl (C=O) groups excluding carboxylic acids is 1. The van der Waals surface area contributed by atoms with Gasteiger partial charge in [-0.3, -0.25) is 4.79 Å². The van der Waals surface area contributed by atoms with Crippen molar-refractivity contribution < 1.29 is 14.6 Å². The molecule has 0 radical (unpaired) electrons. The van der Waals surface area contributed by atoms with Crippen molar-refractivity contribution in [2.45, 2.75) is 0 Å². The molecule has 2 aromatic carbocycles. The predicted octanol–water partition coefficient (Wildman–Crippen LogP) is 2.16. The van der Waals surface area contributed by atoms with Crippen molar-refractivity contribution in [3.63, 3.8) is 0 Å². The molecule has 0 aromatic heterocycles. The molecule has 5 heteroatoms. The Morgan fingerprint density at radius 1 is 1.20 bits per heavy atom. The van der Waals surface area contributed by atoms with E-state index in [1.807, 2.05) is 6.07 Å². The third-order valence-corrected chi connectivity index (χ3v) is 2.66. The molecule has 2 N–H and O–H groups in total. The first-order chi connectivity index (χ1) is 9.72. The maximum absolute atomic E-state index is 11.8. The number of methoxy groups -OCH3 is 1. The molecule has 0 bridgehead atoms. The van der Waals surface area contributed by atoms with E-state index >= 15 is 0 Å². The van der Waals surface area contributed by atoms with Gasteiger partial charge in [0.2, 0.25) is 0 Å². The normalized spacial score (nSPS) is 10.4. The van der Waals surface area contributed by atoms with Gasteiger partial charge in [0.05, 0.1) is 18.9 Å². The van der Waals surface area contributed by atoms with Gasteiger partial charge in [-0.1, -0.05) is 24.3 Å². The van der Waals surface area contributed by atoms with Crippen LogP contribution in [0.4, 0.5) is 0 Å². The van der Waals surface area contributed by atoms with Crippen LogP contribution in [-0.4, -0.2) is 24.3 Å². The minimum Gasteiger partial charge on any atom is -0.507 e. The molecule has 102 valence electrons. The van der Waals surface area contributed by atoms with Crippen molar-refractivity contribution >= 4 is 12.1 Å². The van der Waals surface area contributed by atoms with Gasteiger partial charge >= 0.3 is 0 Å². The van der Waals surface area contributed by atoms with Crippen molar-refractivity contribution in [3.05, 3.63) is 59.7 Å². The Labute approximate surface area is 116 Å². The van der Waals surface area contributed by atoms with Gasteiger partial charge in [-0.05, 0) is 24.3 Å². The van der Waals surface area contributed by atoms with E-state index in [0.29, 0.717) is 16.9 Å². The van der Waals surface area contributed by atoms with Gasteiger partial charge in [0, 0.05) is 5.56 Å². The summed E-state index contributed by atoms with van der Waals surface area (Å²) in [6, 6.07) is 13.6. The van der Waals surface area contributed by atoms with Gasteiger partial charge in [-0.2, -0.15) is 5.10 Å². The van der Waals surface area contributed by atoms with Crippen LogP contribution in [0.5, 0.6) is 11.5 Å². The molecule has 1 amide bonds. The van der Waals surface area contributed by atoms with Crippen LogP contribution < -0.4 is 10.2 Å². The number of hydrogen-bond donors (Lipinski definition) is 2. The fourth-order valence-corrected chi connectivity index (χ4v) is 1.65. The summed E-state index contributed by atoms with van der Waals surface area (Å²) < 4.78 is 5.10. The lowest BCUT2D eigenvalue weighted by Gasteiger charge is -2.05. The molecule has 5 nitrogen and oxygen atoms in total. The number of hydrogen-bond acceptors (Lipinski definition) is 4. The van der Waals surface area contributed by atoms with Crippen LogP contribution in [0.25, 0.3) is 0 Å². The second-order valence-corrected chi connectivity index (χ2v) is 3.96. The average Bonchev–Trinajstić information content (AvgIpc) is 2.49. The molecule has 0 aliphatic carbocycles.